The summed E-state index contributed by atoms with van der Waals surface area (Å²) >= 11 is 0. The van der Waals surface area contributed by atoms with Gasteiger partial charge in [0.05, 0.1) is 50.4 Å². The summed E-state index contributed by atoms with van der Waals surface area (Å²) in [5.74, 6) is 2.31. The number of methoxy groups -OCH3 is 4. The van der Waals surface area contributed by atoms with Gasteiger partial charge in [0.15, 0.2) is 18.1 Å². The van der Waals surface area contributed by atoms with Gasteiger partial charge in [-0.3, -0.25) is 19.0 Å². The van der Waals surface area contributed by atoms with Crippen LogP contribution in [0.1, 0.15) is 5.56 Å². The monoisotopic (exact) mass is 553 g/mol. The predicted molar refractivity (Wildman–Crippen MR) is 155 cm³/mol. The summed E-state index contributed by atoms with van der Waals surface area (Å²) in [7, 11) is 6.19. The predicted octanol–water partition coefficient (Wildman–Crippen LogP) is 4.32. The molecule has 3 aromatic carbocycles. The first-order chi connectivity index (χ1) is 20.0. The highest BCUT2D eigenvalue weighted by Crippen LogP contribution is 2.39. The summed E-state index contributed by atoms with van der Waals surface area (Å²) in [5.41, 5.74) is 2.64. The van der Waals surface area contributed by atoms with Crippen molar-refractivity contribution in [3.05, 3.63) is 76.7 Å². The van der Waals surface area contributed by atoms with Crippen LogP contribution >= 0.6 is 0 Å². The zero-order valence-electron chi connectivity index (χ0n) is 22.9. The molecule has 0 fully saturated rings. The molecule has 1 amide bonds. The van der Waals surface area contributed by atoms with Gasteiger partial charge in [-0.25, -0.2) is 0 Å². The van der Waals surface area contributed by atoms with Crippen LogP contribution in [0.5, 0.6) is 28.7 Å². The van der Waals surface area contributed by atoms with E-state index in [2.05, 4.69) is 10.3 Å². The Bertz CT molecular complexity index is 2000. The molecule has 10 nitrogen and oxygen atoms in total. The van der Waals surface area contributed by atoms with Crippen molar-refractivity contribution in [3.8, 4) is 28.7 Å². The van der Waals surface area contributed by atoms with E-state index in [1.165, 1.54) is 14.2 Å². The molecule has 0 spiro atoms. The van der Waals surface area contributed by atoms with E-state index < -0.39 is 0 Å². The Morgan fingerprint density at radius 2 is 1.63 bits per heavy atom. The Kier molecular flexibility index (Phi) is 6.58. The average molecular weight is 554 g/mol. The van der Waals surface area contributed by atoms with Crippen LogP contribution in [0.25, 0.3) is 38.1 Å². The smallest absolute Gasteiger partial charge is 0.267 e. The van der Waals surface area contributed by atoms with Gasteiger partial charge in [0.25, 0.3) is 11.5 Å². The van der Waals surface area contributed by atoms with E-state index in [4.69, 9.17) is 23.7 Å². The summed E-state index contributed by atoms with van der Waals surface area (Å²) in [5, 5.41) is 5.57. The first kappa shape index (κ1) is 26.0. The van der Waals surface area contributed by atoms with Crippen molar-refractivity contribution in [3.63, 3.8) is 0 Å². The number of carbonyl (C=O) groups excluding carboxylic acids is 1. The minimum absolute atomic E-state index is 0.184. The van der Waals surface area contributed by atoms with Gasteiger partial charge < -0.3 is 29.0 Å². The maximum atomic E-state index is 13.9. The van der Waals surface area contributed by atoms with Crippen LogP contribution in [0, 0.1) is 0 Å². The van der Waals surface area contributed by atoms with E-state index >= 15 is 0 Å². The van der Waals surface area contributed by atoms with E-state index in [9.17, 15) is 9.59 Å². The maximum absolute atomic E-state index is 13.9. The van der Waals surface area contributed by atoms with Crippen molar-refractivity contribution in [2.75, 3.05) is 35.0 Å². The lowest BCUT2D eigenvalue weighted by Gasteiger charge is -2.12. The summed E-state index contributed by atoms with van der Waals surface area (Å²) in [6, 6.07) is 16.3. The van der Waals surface area contributed by atoms with Gasteiger partial charge in [0, 0.05) is 40.5 Å². The number of benzene rings is 3. The molecule has 0 bridgehead atoms. The number of carbonyl (C=O) groups is 1. The molecule has 0 aliphatic carbocycles. The first-order valence-electron chi connectivity index (χ1n) is 12.8. The summed E-state index contributed by atoms with van der Waals surface area (Å²) in [6.07, 6.45) is 1.71. The molecule has 1 N–H and O–H groups in total. The van der Waals surface area contributed by atoms with E-state index in [0.29, 0.717) is 56.1 Å². The molecule has 41 heavy (non-hydrogen) atoms. The Morgan fingerprint density at radius 3 is 2.39 bits per heavy atom. The fourth-order valence-electron chi connectivity index (χ4n) is 5.28. The number of aromatic nitrogens is 2. The van der Waals surface area contributed by atoms with E-state index in [-0.39, 0.29) is 24.6 Å². The number of nitrogens with one attached hydrogen (secondary N) is 1. The lowest BCUT2D eigenvalue weighted by atomic mass is 10.1. The zero-order valence-corrected chi connectivity index (χ0v) is 22.9. The second kappa shape index (κ2) is 10.4. The molecule has 0 unspecified atom stereocenters. The van der Waals surface area contributed by atoms with Crippen molar-refractivity contribution < 1.29 is 28.5 Å². The molecule has 0 atom stereocenters. The normalized spacial score (nSPS) is 11.3. The molecule has 0 saturated carbocycles. The molecule has 3 heterocycles. The molecular formula is C31H27N3O7. The fourth-order valence-corrected chi connectivity index (χ4v) is 5.28. The molecule has 208 valence electrons. The number of fused-ring (bicyclic) bond motifs is 5. The van der Waals surface area contributed by atoms with Crippen LogP contribution in [-0.2, 0) is 11.3 Å². The minimum Gasteiger partial charge on any atom is -0.497 e. The number of hydrogen-bond donors (Lipinski definition) is 1. The molecule has 3 aromatic heterocycles. The molecule has 0 radical (unpaired) electrons. The Labute approximate surface area is 234 Å². The van der Waals surface area contributed by atoms with Crippen molar-refractivity contribution in [2.45, 2.75) is 6.54 Å². The first-order valence-corrected chi connectivity index (χ1v) is 12.8. The SMILES string of the molecule is COc1ccc(CNC(=O)COc2ccc3c(c2)c2ccnc4c5ccc(OC)c(OC)c5c(=O)n3c24)c(OC)c1. The summed E-state index contributed by atoms with van der Waals surface area (Å²) in [6.45, 7) is 0.0887. The molecule has 0 saturated heterocycles. The molecule has 6 aromatic rings. The van der Waals surface area contributed by atoms with E-state index in [1.54, 1.807) is 49.1 Å². The number of amides is 1. The van der Waals surface area contributed by atoms with Gasteiger partial charge in [0.1, 0.15) is 17.2 Å². The molecule has 6 rings (SSSR count). The van der Waals surface area contributed by atoms with Crippen LogP contribution in [0.3, 0.4) is 0 Å². The number of pyridine rings is 2. The largest absolute Gasteiger partial charge is 0.497 e. The third-order valence-corrected chi connectivity index (χ3v) is 7.20. The van der Waals surface area contributed by atoms with Gasteiger partial charge in [-0.1, -0.05) is 0 Å². The molecule has 10 heteroatoms. The van der Waals surface area contributed by atoms with Crippen LogP contribution in [0.15, 0.2) is 65.6 Å². The van der Waals surface area contributed by atoms with Gasteiger partial charge in [0.2, 0.25) is 0 Å². The van der Waals surface area contributed by atoms with Gasteiger partial charge in [-0.15, -0.1) is 0 Å². The Morgan fingerprint density at radius 1 is 0.829 bits per heavy atom. The van der Waals surface area contributed by atoms with Crippen LogP contribution in [0.4, 0.5) is 0 Å². The molecular weight excluding hydrogens is 526 g/mol. The standard InChI is InChI=1S/C31H27N3O7/c1-37-18-6-5-17(25(14-18)39-3)15-33-26(35)16-41-19-7-9-23-22(13-19)20-11-12-32-28-21-8-10-24(38-2)30(40-4)27(21)31(36)34(23)29(20)28/h5-14H,15-16H2,1-4H3,(H,33,35). The topological polar surface area (TPSA) is 110 Å². The number of ether oxygens (including phenoxy) is 5. The highest BCUT2D eigenvalue weighted by molar-refractivity contribution is 6.19. The number of hydrogen-bond acceptors (Lipinski definition) is 8. The highest BCUT2D eigenvalue weighted by atomic mass is 16.5. The summed E-state index contributed by atoms with van der Waals surface area (Å²) < 4.78 is 29.1. The van der Waals surface area contributed by atoms with Crippen molar-refractivity contribution >= 4 is 44.0 Å². The number of rotatable bonds is 9. The Hall–Kier alpha value is -5.25. The number of nitrogens with zero attached hydrogens (tertiary/aromatic N) is 2. The lowest BCUT2D eigenvalue weighted by Crippen LogP contribution is -2.28. The van der Waals surface area contributed by atoms with Crippen LogP contribution < -0.4 is 34.6 Å². The lowest BCUT2D eigenvalue weighted by molar-refractivity contribution is -0.123. The second-order valence-corrected chi connectivity index (χ2v) is 9.34. The van der Waals surface area contributed by atoms with Crippen LogP contribution in [0.2, 0.25) is 0 Å². The fraction of sp³-hybridized carbons (Fsp3) is 0.194. The molecule has 0 aliphatic heterocycles. The van der Waals surface area contributed by atoms with Crippen molar-refractivity contribution in [2.24, 2.45) is 0 Å². The van der Waals surface area contributed by atoms with Crippen molar-refractivity contribution in [1.82, 2.24) is 14.7 Å². The zero-order chi connectivity index (χ0) is 28.7. The van der Waals surface area contributed by atoms with E-state index in [1.807, 2.05) is 30.3 Å². The minimum atomic E-state index is -0.290. The third-order valence-electron chi connectivity index (χ3n) is 7.20. The van der Waals surface area contributed by atoms with Gasteiger partial charge in [-0.05, 0) is 48.5 Å². The third kappa shape index (κ3) is 4.24. The quantitative estimate of drug-likeness (QED) is 0.264. The second-order valence-electron chi connectivity index (χ2n) is 9.34. The highest BCUT2D eigenvalue weighted by Gasteiger charge is 2.22. The Balaban J connectivity index is 1.32. The van der Waals surface area contributed by atoms with Crippen molar-refractivity contribution in [1.29, 1.82) is 0 Å². The van der Waals surface area contributed by atoms with Gasteiger partial charge in [-0.2, -0.15) is 0 Å². The van der Waals surface area contributed by atoms with E-state index in [0.717, 1.165) is 16.3 Å². The van der Waals surface area contributed by atoms with Gasteiger partial charge >= 0.3 is 0 Å². The molecule has 0 aliphatic rings. The average Bonchev–Trinajstić information content (AvgIpc) is 3.35. The summed E-state index contributed by atoms with van der Waals surface area (Å²) in [4.78, 5) is 31.1. The van der Waals surface area contributed by atoms with Crippen LogP contribution in [-0.4, -0.2) is 50.3 Å². The maximum Gasteiger partial charge on any atom is 0.267 e.